The zero-order valence-electron chi connectivity index (χ0n) is 13.9. The van der Waals surface area contributed by atoms with Crippen LogP contribution in [0, 0.1) is 0 Å². The summed E-state index contributed by atoms with van der Waals surface area (Å²) in [5, 5.41) is 3.06. The first-order valence-electron chi connectivity index (χ1n) is 8.02. The van der Waals surface area contributed by atoms with Crippen LogP contribution in [-0.2, 0) is 9.53 Å². The van der Waals surface area contributed by atoms with Crippen LogP contribution in [-0.4, -0.2) is 43.6 Å². The molecule has 0 aromatic heterocycles. The van der Waals surface area contributed by atoms with Gasteiger partial charge in [0.15, 0.2) is 0 Å². The molecule has 21 heavy (non-hydrogen) atoms. The Labute approximate surface area is 129 Å². The number of rotatable bonds is 8. The highest BCUT2D eigenvalue weighted by Crippen LogP contribution is 2.25. The van der Waals surface area contributed by atoms with Gasteiger partial charge >= 0.3 is 0 Å². The highest BCUT2D eigenvalue weighted by molar-refractivity contribution is 5.87. The molecule has 0 aliphatic heterocycles. The molecule has 4 heteroatoms. The van der Waals surface area contributed by atoms with Gasteiger partial charge in [-0.25, -0.2) is 0 Å². The second kappa shape index (κ2) is 9.61. The highest BCUT2D eigenvalue weighted by Gasteiger charge is 2.27. The van der Waals surface area contributed by atoms with E-state index in [1.54, 1.807) is 6.08 Å². The van der Waals surface area contributed by atoms with Crippen molar-refractivity contribution in [1.82, 2.24) is 10.2 Å². The second-order valence-electron chi connectivity index (χ2n) is 5.86. The fourth-order valence-electron chi connectivity index (χ4n) is 2.52. The Bertz CT molecular complexity index is 375. The Hall–Kier alpha value is -1.29. The van der Waals surface area contributed by atoms with Crippen molar-refractivity contribution in [1.29, 1.82) is 0 Å². The number of hydrogen-bond acceptors (Lipinski definition) is 3. The van der Waals surface area contributed by atoms with E-state index < -0.39 is 0 Å². The van der Waals surface area contributed by atoms with Crippen LogP contribution in [0.15, 0.2) is 24.0 Å². The van der Waals surface area contributed by atoms with Crippen LogP contribution in [0.25, 0.3) is 0 Å². The van der Waals surface area contributed by atoms with Crippen LogP contribution >= 0.6 is 0 Å². The fourth-order valence-corrected chi connectivity index (χ4v) is 2.52. The maximum atomic E-state index is 11.8. The molecule has 0 aromatic carbocycles. The second-order valence-corrected chi connectivity index (χ2v) is 5.86. The van der Waals surface area contributed by atoms with Crippen LogP contribution in [0.2, 0.25) is 0 Å². The van der Waals surface area contributed by atoms with Crippen molar-refractivity contribution in [3.05, 3.63) is 24.0 Å². The first-order chi connectivity index (χ1) is 10.0. The quantitative estimate of drug-likeness (QED) is 0.553. The van der Waals surface area contributed by atoms with Gasteiger partial charge in [0, 0.05) is 31.5 Å². The van der Waals surface area contributed by atoms with Gasteiger partial charge in [0.2, 0.25) is 5.91 Å². The van der Waals surface area contributed by atoms with Crippen molar-refractivity contribution >= 4 is 5.91 Å². The van der Waals surface area contributed by atoms with E-state index in [0.29, 0.717) is 0 Å². The average molecular weight is 294 g/mol. The van der Waals surface area contributed by atoms with Gasteiger partial charge in [-0.1, -0.05) is 19.9 Å². The van der Waals surface area contributed by atoms with Crippen LogP contribution < -0.4 is 5.32 Å². The molecule has 1 aliphatic rings. The third-order valence-electron chi connectivity index (χ3n) is 3.57. The Balaban J connectivity index is 2.32. The molecular weight excluding hydrogens is 264 g/mol. The Morgan fingerprint density at radius 1 is 1.33 bits per heavy atom. The lowest BCUT2D eigenvalue weighted by Crippen LogP contribution is -2.32. The summed E-state index contributed by atoms with van der Waals surface area (Å²) in [6.07, 6.45) is 10.8. The molecule has 120 valence electrons. The third kappa shape index (κ3) is 7.32. The molecule has 4 nitrogen and oxygen atoms in total. The molecule has 1 rings (SSSR count). The van der Waals surface area contributed by atoms with E-state index in [2.05, 4.69) is 25.2 Å². The Morgan fingerprint density at radius 3 is 2.71 bits per heavy atom. The van der Waals surface area contributed by atoms with E-state index in [4.69, 9.17) is 4.74 Å². The van der Waals surface area contributed by atoms with Gasteiger partial charge in [0.1, 0.15) is 6.10 Å². The minimum absolute atomic E-state index is 0.00214. The topological polar surface area (TPSA) is 41.6 Å². The van der Waals surface area contributed by atoms with Crippen molar-refractivity contribution in [3.8, 4) is 0 Å². The third-order valence-corrected chi connectivity index (χ3v) is 3.57. The van der Waals surface area contributed by atoms with E-state index in [-0.39, 0.29) is 18.1 Å². The van der Waals surface area contributed by atoms with E-state index >= 15 is 0 Å². The van der Waals surface area contributed by atoms with Crippen molar-refractivity contribution in [2.45, 2.75) is 58.1 Å². The zero-order chi connectivity index (χ0) is 15.7. The van der Waals surface area contributed by atoms with Crippen LogP contribution in [0.4, 0.5) is 0 Å². The molecule has 1 saturated carbocycles. The SMILES string of the molecule is CC/C=C(\CC)O[C@H]1CC[C@H](NC(=O)/C=C/CN(C)C)C1. The summed E-state index contributed by atoms with van der Waals surface area (Å²) in [4.78, 5) is 13.8. The smallest absolute Gasteiger partial charge is 0.243 e. The molecule has 1 N–H and O–H groups in total. The number of amides is 1. The van der Waals surface area contributed by atoms with E-state index in [9.17, 15) is 4.79 Å². The van der Waals surface area contributed by atoms with Gasteiger partial charge < -0.3 is 15.0 Å². The largest absolute Gasteiger partial charge is 0.495 e. The minimum Gasteiger partial charge on any atom is -0.495 e. The lowest BCUT2D eigenvalue weighted by molar-refractivity contribution is -0.117. The number of carbonyl (C=O) groups excluding carboxylic acids is 1. The standard InChI is InChI=1S/C17H30N2O2/c1-5-8-15(6-2)21-16-11-10-14(13-16)18-17(20)9-7-12-19(3)4/h7-9,14,16H,5-6,10-13H2,1-4H3,(H,18,20)/b9-7+,15-8+/t14-,16-/m0/s1. The first kappa shape index (κ1) is 17.8. The molecule has 0 heterocycles. The van der Waals surface area contributed by atoms with Crippen molar-refractivity contribution in [2.24, 2.45) is 0 Å². The molecule has 0 unspecified atom stereocenters. The van der Waals surface area contributed by atoms with E-state index in [0.717, 1.165) is 44.4 Å². The Kier molecular flexibility index (Phi) is 8.13. The Morgan fingerprint density at radius 2 is 2.10 bits per heavy atom. The summed E-state index contributed by atoms with van der Waals surface area (Å²) < 4.78 is 6.01. The minimum atomic E-state index is 0.00214. The predicted octanol–water partition coefficient (Wildman–Crippen LogP) is 2.86. The number of carbonyl (C=O) groups is 1. The fraction of sp³-hybridized carbons (Fsp3) is 0.706. The lowest BCUT2D eigenvalue weighted by Gasteiger charge is -2.16. The predicted molar refractivity (Wildman–Crippen MR) is 87.0 cm³/mol. The molecule has 0 spiro atoms. The first-order valence-corrected chi connectivity index (χ1v) is 8.02. The molecule has 0 aromatic rings. The summed E-state index contributed by atoms with van der Waals surface area (Å²) in [6.45, 7) is 5.02. The lowest BCUT2D eigenvalue weighted by atomic mass is 10.2. The molecule has 0 radical (unpaired) electrons. The summed E-state index contributed by atoms with van der Waals surface area (Å²) in [5.41, 5.74) is 0. The van der Waals surface area contributed by atoms with E-state index in [1.165, 1.54) is 0 Å². The van der Waals surface area contributed by atoms with E-state index in [1.807, 2.05) is 25.1 Å². The van der Waals surface area contributed by atoms with Gasteiger partial charge in [0.25, 0.3) is 0 Å². The zero-order valence-corrected chi connectivity index (χ0v) is 13.9. The van der Waals surface area contributed by atoms with Gasteiger partial charge in [-0.3, -0.25) is 4.79 Å². The van der Waals surface area contributed by atoms with Gasteiger partial charge in [-0.05, 0) is 39.4 Å². The van der Waals surface area contributed by atoms with Crippen molar-refractivity contribution in [2.75, 3.05) is 20.6 Å². The average Bonchev–Trinajstić information content (AvgIpc) is 2.85. The number of nitrogens with zero attached hydrogens (tertiary/aromatic N) is 1. The molecule has 1 amide bonds. The molecule has 0 saturated heterocycles. The molecule has 2 atom stereocenters. The van der Waals surface area contributed by atoms with Crippen LogP contribution in [0.3, 0.4) is 0 Å². The van der Waals surface area contributed by atoms with Gasteiger partial charge in [0.05, 0.1) is 5.76 Å². The van der Waals surface area contributed by atoms with Crippen molar-refractivity contribution in [3.63, 3.8) is 0 Å². The van der Waals surface area contributed by atoms with Gasteiger partial charge in [-0.2, -0.15) is 0 Å². The maximum Gasteiger partial charge on any atom is 0.243 e. The number of likely N-dealkylation sites (N-methyl/N-ethyl adjacent to an activating group) is 1. The maximum absolute atomic E-state index is 11.8. The molecular formula is C17H30N2O2. The summed E-state index contributed by atoms with van der Waals surface area (Å²) in [6, 6.07) is 0.242. The van der Waals surface area contributed by atoms with Crippen LogP contribution in [0.1, 0.15) is 46.0 Å². The van der Waals surface area contributed by atoms with Crippen molar-refractivity contribution < 1.29 is 9.53 Å². The number of nitrogens with one attached hydrogen (secondary N) is 1. The molecule has 1 fully saturated rings. The van der Waals surface area contributed by atoms with Gasteiger partial charge in [-0.15, -0.1) is 0 Å². The summed E-state index contributed by atoms with van der Waals surface area (Å²) >= 11 is 0. The molecule has 0 bridgehead atoms. The van der Waals surface area contributed by atoms with Crippen LogP contribution in [0.5, 0.6) is 0 Å². The monoisotopic (exact) mass is 294 g/mol. The molecule has 1 aliphatic carbocycles. The highest BCUT2D eigenvalue weighted by atomic mass is 16.5. The summed E-state index contributed by atoms with van der Waals surface area (Å²) in [7, 11) is 3.96. The number of allylic oxidation sites excluding steroid dienone is 2. The summed E-state index contributed by atoms with van der Waals surface area (Å²) in [5.74, 6) is 1.09. The number of ether oxygens (including phenoxy) is 1. The normalized spacial score (nSPS) is 23.0. The number of hydrogen-bond donors (Lipinski definition) is 1.